The summed E-state index contributed by atoms with van der Waals surface area (Å²) in [6.45, 7) is 3.28. The third-order valence-electron chi connectivity index (χ3n) is 5.67. The number of amides is 2. The van der Waals surface area contributed by atoms with E-state index < -0.39 is 6.61 Å². The van der Waals surface area contributed by atoms with Gasteiger partial charge in [0.05, 0.1) is 0 Å². The number of anilines is 3. The summed E-state index contributed by atoms with van der Waals surface area (Å²) in [6.07, 6.45) is 0. The Bertz CT molecular complexity index is 899. The van der Waals surface area contributed by atoms with Crippen molar-refractivity contribution < 1.29 is 18.3 Å². The number of hydrogen-bond acceptors (Lipinski definition) is 7. The van der Waals surface area contributed by atoms with Gasteiger partial charge in [-0.3, -0.25) is 0 Å². The highest BCUT2D eigenvalue weighted by Crippen LogP contribution is 2.21. The van der Waals surface area contributed by atoms with Crippen LogP contribution in [0.3, 0.4) is 0 Å². The summed E-state index contributed by atoms with van der Waals surface area (Å²) < 4.78 is 29.1. The molecule has 2 fully saturated rings. The van der Waals surface area contributed by atoms with Gasteiger partial charge in [0.1, 0.15) is 5.75 Å². The van der Waals surface area contributed by atoms with Crippen LogP contribution in [-0.2, 0) is 0 Å². The molecule has 3 heterocycles. The van der Waals surface area contributed by atoms with Crippen molar-refractivity contribution in [3.63, 3.8) is 0 Å². The molecular weight excluding hydrogens is 420 g/mol. The predicted octanol–water partition coefficient (Wildman–Crippen LogP) is 2.18. The van der Waals surface area contributed by atoms with E-state index in [1.54, 1.807) is 17.0 Å². The molecule has 0 spiro atoms. The highest BCUT2D eigenvalue weighted by molar-refractivity contribution is 5.89. The molecule has 0 aliphatic carbocycles. The zero-order chi connectivity index (χ0) is 22.5. The molecule has 4 rings (SSSR count). The molecule has 2 saturated heterocycles. The summed E-state index contributed by atoms with van der Waals surface area (Å²) in [6, 6.07) is 9.66. The number of halogens is 2. The second kappa shape index (κ2) is 9.94. The number of urea groups is 1. The normalized spacial score (nSPS) is 17.6. The number of nitrogens with one attached hydrogen (secondary N) is 1. The van der Waals surface area contributed by atoms with Crippen molar-refractivity contribution in [3.05, 3.63) is 36.4 Å². The number of rotatable bonds is 5. The van der Waals surface area contributed by atoms with Crippen LogP contribution in [0.1, 0.15) is 0 Å². The molecule has 11 heteroatoms. The van der Waals surface area contributed by atoms with Crippen molar-refractivity contribution in [2.24, 2.45) is 0 Å². The summed E-state index contributed by atoms with van der Waals surface area (Å²) in [7, 11) is 2.12. The summed E-state index contributed by atoms with van der Waals surface area (Å²) in [4.78, 5) is 20.9. The Morgan fingerprint density at radius 2 is 1.53 bits per heavy atom. The van der Waals surface area contributed by atoms with Crippen LogP contribution in [0.25, 0.3) is 0 Å². The molecule has 1 aromatic carbocycles. The smallest absolute Gasteiger partial charge is 0.387 e. The topological polar surface area (TPSA) is 77.1 Å². The van der Waals surface area contributed by atoms with Gasteiger partial charge in [-0.2, -0.15) is 8.78 Å². The van der Waals surface area contributed by atoms with Crippen LogP contribution < -0.4 is 19.9 Å². The van der Waals surface area contributed by atoms with Gasteiger partial charge in [-0.1, -0.05) is 6.07 Å². The highest BCUT2D eigenvalue weighted by Gasteiger charge is 2.23. The lowest BCUT2D eigenvalue weighted by atomic mass is 10.3. The van der Waals surface area contributed by atoms with Gasteiger partial charge in [-0.05, 0) is 31.3 Å². The van der Waals surface area contributed by atoms with Gasteiger partial charge < -0.3 is 29.7 Å². The molecule has 0 saturated carbocycles. The summed E-state index contributed by atoms with van der Waals surface area (Å²) in [5.74, 6) is 1.68. The van der Waals surface area contributed by atoms with Crippen molar-refractivity contribution >= 4 is 23.4 Å². The number of ether oxygens (including phenoxy) is 1. The minimum atomic E-state index is -2.91. The fourth-order valence-electron chi connectivity index (χ4n) is 3.78. The first-order valence-electron chi connectivity index (χ1n) is 10.6. The van der Waals surface area contributed by atoms with Crippen LogP contribution in [0.5, 0.6) is 5.75 Å². The molecule has 9 nitrogen and oxygen atoms in total. The zero-order valence-corrected chi connectivity index (χ0v) is 18.0. The fraction of sp³-hybridized carbons (Fsp3) is 0.476. The molecule has 2 aliphatic rings. The first kappa shape index (κ1) is 22.0. The summed E-state index contributed by atoms with van der Waals surface area (Å²) >= 11 is 0. The summed E-state index contributed by atoms with van der Waals surface area (Å²) in [5, 5.41) is 11.5. The van der Waals surface area contributed by atoms with Crippen molar-refractivity contribution in [2.45, 2.75) is 6.61 Å². The maximum atomic E-state index is 12.6. The number of carbonyl (C=O) groups excluding carboxylic acids is 1. The molecule has 2 amide bonds. The van der Waals surface area contributed by atoms with Gasteiger partial charge in [-0.15, -0.1) is 10.2 Å². The van der Waals surface area contributed by atoms with Crippen LogP contribution in [-0.4, -0.2) is 92.0 Å². The van der Waals surface area contributed by atoms with E-state index in [-0.39, 0.29) is 11.8 Å². The predicted molar refractivity (Wildman–Crippen MR) is 118 cm³/mol. The molecular formula is C21H27F2N7O2. The van der Waals surface area contributed by atoms with Crippen LogP contribution in [0.15, 0.2) is 36.4 Å². The maximum absolute atomic E-state index is 12.6. The van der Waals surface area contributed by atoms with Gasteiger partial charge >= 0.3 is 12.6 Å². The zero-order valence-electron chi connectivity index (χ0n) is 18.0. The number of benzene rings is 1. The first-order valence-corrected chi connectivity index (χ1v) is 10.6. The number of carbonyl (C=O) groups is 1. The highest BCUT2D eigenvalue weighted by atomic mass is 19.3. The number of piperazine rings is 2. The van der Waals surface area contributed by atoms with Crippen molar-refractivity contribution in [3.8, 4) is 5.75 Å². The minimum Gasteiger partial charge on any atom is -0.435 e. The fourth-order valence-corrected chi connectivity index (χ4v) is 3.78. The number of aromatic nitrogens is 2. The van der Waals surface area contributed by atoms with E-state index in [0.29, 0.717) is 31.9 Å². The van der Waals surface area contributed by atoms with Gasteiger partial charge in [-0.25, -0.2) is 4.79 Å². The lowest BCUT2D eigenvalue weighted by Crippen LogP contribution is -2.50. The second-order valence-corrected chi connectivity index (χ2v) is 7.85. The summed E-state index contributed by atoms with van der Waals surface area (Å²) in [5.41, 5.74) is 0.404. The lowest BCUT2D eigenvalue weighted by Gasteiger charge is -2.35. The van der Waals surface area contributed by atoms with Crippen molar-refractivity contribution in [1.29, 1.82) is 0 Å². The standard InChI is InChI=1S/C21H27F2N7O2/c1-27-7-9-28(10-8-27)18-5-6-19(26-25-18)29-11-13-30(14-12-29)21(31)24-16-3-2-4-17(15-16)32-20(22)23/h2-6,15,20H,7-14H2,1H3,(H,24,31). The van der Waals surface area contributed by atoms with E-state index in [2.05, 4.69) is 42.0 Å². The Kier molecular flexibility index (Phi) is 6.84. The van der Waals surface area contributed by atoms with Gasteiger partial charge in [0.2, 0.25) is 0 Å². The van der Waals surface area contributed by atoms with Gasteiger partial charge in [0.15, 0.2) is 11.6 Å². The third kappa shape index (κ3) is 5.52. The van der Waals surface area contributed by atoms with Crippen LogP contribution in [0.2, 0.25) is 0 Å². The lowest BCUT2D eigenvalue weighted by molar-refractivity contribution is -0.0498. The Balaban J connectivity index is 1.28. The van der Waals surface area contributed by atoms with Gasteiger partial charge in [0.25, 0.3) is 0 Å². The molecule has 0 radical (unpaired) electrons. The number of likely N-dealkylation sites (N-methyl/N-ethyl adjacent to an activating group) is 1. The van der Waals surface area contributed by atoms with E-state index >= 15 is 0 Å². The SMILES string of the molecule is CN1CCN(c2ccc(N3CCN(C(=O)Nc4cccc(OC(F)F)c4)CC3)nn2)CC1. The molecule has 172 valence electrons. The van der Waals surface area contributed by atoms with E-state index in [4.69, 9.17) is 0 Å². The average Bonchev–Trinajstić information content (AvgIpc) is 2.80. The van der Waals surface area contributed by atoms with E-state index in [0.717, 1.165) is 37.8 Å². The van der Waals surface area contributed by atoms with E-state index in [1.165, 1.54) is 12.1 Å². The van der Waals surface area contributed by atoms with Gasteiger partial charge in [0, 0.05) is 64.1 Å². The second-order valence-electron chi connectivity index (χ2n) is 7.85. The largest absolute Gasteiger partial charge is 0.435 e. The van der Waals surface area contributed by atoms with Crippen molar-refractivity contribution in [2.75, 3.05) is 74.5 Å². The molecule has 2 aromatic rings. The van der Waals surface area contributed by atoms with E-state index in [1.807, 2.05) is 12.1 Å². The van der Waals surface area contributed by atoms with Crippen LogP contribution in [0.4, 0.5) is 30.9 Å². The van der Waals surface area contributed by atoms with Crippen LogP contribution in [0, 0.1) is 0 Å². The Hall–Kier alpha value is -3.21. The maximum Gasteiger partial charge on any atom is 0.387 e. The average molecular weight is 447 g/mol. The third-order valence-corrected chi connectivity index (χ3v) is 5.67. The molecule has 1 aromatic heterocycles. The molecule has 0 atom stereocenters. The molecule has 2 aliphatic heterocycles. The molecule has 32 heavy (non-hydrogen) atoms. The number of hydrogen-bond donors (Lipinski definition) is 1. The number of alkyl halides is 2. The van der Waals surface area contributed by atoms with E-state index in [9.17, 15) is 13.6 Å². The Morgan fingerprint density at radius 3 is 2.09 bits per heavy atom. The number of nitrogens with zero attached hydrogens (tertiary/aromatic N) is 6. The molecule has 0 unspecified atom stereocenters. The molecule has 1 N–H and O–H groups in total. The Labute approximate surface area is 185 Å². The Morgan fingerprint density at radius 1 is 0.938 bits per heavy atom. The van der Waals surface area contributed by atoms with Crippen LogP contribution >= 0.6 is 0 Å². The van der Waals surface area contributed by atoms with Crippen molar-refractivity contribution in [1.82, 2.24) is 20.0 Å². The molecule has 0 bridgehead atoms. The first-order chi connectivity index (χ1) is 15.5. The monoisotopic (exact) mass is 447 g/mol. The quantitative estimate of drug-likeness (QED) is 0.753. The minimum absolute atomic E-state index is 0.00112.